The molecule has 1 N–H and O–H groups in total. The van der Waals surface area contributed by atoms with Crippen molar-refractivity contribution in [3.63, 3.8) is 0 Å². The molecule has 6 heteroatoms. The predicted molar refractivity (Wildman–Crippen MR) is 72.5 cm³/mol. The highest BCUT2D eigenvalue weighted by atomic mass is 32.1. The Labute approximate surface area is 114 Å². The van der Waals surface area contributed by atoms with E-state index in [1.165, 1.54) is 7.11 Å². The zero-order chi connectivity index (χ0) is 14.0. The van der Waals surface area contributed by atoms with Crippen LogP contribution in [0.5, 0.6) is 0 Å². The lowest BCUT2D eigenvalue weighted by Gasteiger charge is -2.01. The molecule has 0 saturated carbocycles. The third kappa shape index (κ3) is 2.80. The van der Waals surface area contributed by atoms with Crippen LogP contribution in [0.25, 0.3) is 10.7 Å². The van der Waals surface area contributed by atoms with Gasteiger partial charge in [0.15, 0.2) is 0 Å². The van der Waals surface area contributed by atoms with Gasteiger partial charge in [0.1, 0.15) is 15.6 Å². The van der Waals surface area contributed by atoms with Gasteiger partial charge in [-0.3, -0.25) is 4.98 Å². The first-order valence-corrected chi connectivity index (χ1v) is 6.50. The number of hydrogen-bond acceptors (Lipinski definition) is 5. The van der Waals surface area contributed by atoms with Gasteiger partial charge in [-0.15, -0.1) is 11.3 Å². The normalized spacial score (nSPS) is 10.7. The van der Waals surface area contributed by atoms with Crippen LogP contribution >= 0.6 is 11.3 Å². The van der Waals surface area contributed by atoms with Gasteiger partial charge in [-0.2, -0.15) is 0 Å². The molecule has 0 atom stereocenters. The molecule has 0 saturated heterocycles. The van der Waals surface area contributed by atoms with Gasteiger partial charge in [-0.1, -0.05) is 6.07 Å². The Morgan fingerprint density at radius 1 is 1.47 bits per heavy atom. The smallest absolute Gasteiger partial charge is 0.347 e. The van der Waals surface area contributed by atoms with Crippen molar-refractivity contribution in [3.8, 4) is 10.7 Å². The van der Waals surface area contributed by atoms with Crippen LogP contribution in [0.3, 0.4) is 0 Å². The summed E-state index contributed by atoms with van der Waals surface area (Å²) in [6.45, 7) is 4.08. The number of carboxylic acid groups (broad SMARTS) is 1. The Kier molecular flexibility index (Phi) is 3.92. The van der Waals surface area contributed by atoms with Crippen LogP contribution in [-0.4, -0.2) is 28.2 Å². The topological polar surface area (TPSA) is 72.3 Å². The van der Waals surface area contributed by atoms with Gasteiger partial charge < -0.3 is 9.84 Å². The summed E-state index contributed by atoms with van der Waals surface area (Å²) in [5, 5.41) is 9.77. The minimum Gasteiger partial charge on any atom is -0.477 e. The van der Waals surface area contributed by atoms with Crippen molar-refractivity contribution in [2.24, 2.45) is 0 Å². The number of pyridine rings is 1. The second-order valence-electron chi connectivity index (χ2n) is 4.21. The van der Waals surface area contributed by atoms with Crippen LogP contribution < -0.4 is 0 Å². The molecular formula is C13H14N2O3S. The van der Waals surface area contributed by atoms with Crippen LogP contribution in [0, 0.1) is 13.8 Å². The first-order valence-electron chi connectivity index (χ1n) is 5.68. The van der Waals surface area contributed by atoms with Crippen molar-refractivity contribution in [2.75, 3.05) is 7.11 Å². The summed E-state index contributed by atoms with van der Waals surface area (Å²) < 4.78 is 4.98. The number of ether oxygens (including phenoxy) is 1. The Morgan fingerprint density at radius 2 is 2.21 bits per heavy atom. The van der Waals surface area contributed by atoms with Gasteiger partial charge in [0.2, 0.25) is 0 Å². The maximum absolute atomic E-state index is 11.2. The van der Waals surface area contributed by atoms with Crippen LogP contribution in [0.2, 0.25) is 0 Å². The number of carbonyl (C=O) groups is 1. The fraction of sp³-hybridized carbons (Fsp3) is 0.308. The Bertz CT molecular complexity index is 622. The first-order chi connectivity index (χ1) is 9.02. The highest BCUT2D eigenvalue weighted by Gasteiger charge is 2.19. The van der Waals surface area contributed by atoms with E-state index in [9.17, 15) is 4.79 Å². The largest absolute Gasteiger partial charge is 0.477 e. The lowest BCUT2D eigenvalue weighted by molar-refractivity contribution is 0.0697. The van der Waals surface area contributed by atoms with Crippen molar-refractivity contribution >= 4 is 17.3 Å². The van der Waals surface area contributed by atoms with Gasteiger partial charge >= 0.3 is 5.97 Å². The number of aromatic carboxylic acids is 1. The van der Waals surface area contributed by atoms with Crippen LogP contribution in [-0.2, 0) is 11.3 Å². The molecule has 0 aliphatic carbocycles. The standard InChI is InChI=1S/C13H14N2O3S/c1-7-4-8(2)10(14-5-7)12-15-9(6-18-3)11(19-12)13(16)17/h4-5H,6H2,1-3H3,(H,16,17). The molecule has 2 aromatic rings. The number of hydrogen-bond donors (Lipinski definition) is 1. The van der Waals surface area contributed by atoms with Gasteiger partial charge in [0, 0.05) is 13.3 Å². The molecule has 0 spiro atoms. The van der Waals surface area contributed by atoms with Crippen molar-refractivity contribution in [1.82, 2.24) is 9.97 Å². The third-order valence-electron chi connectivity index (χ3n) is 2.59. The molecule has 0 aliphatic heterocycles. The number of aromatic nitrogens is 2. The van der Waals surface area contributed by atoms with E-state index in [4.69, 9.17) is 9.84 Å². The monoisotopic (exact) mass is 278 g/mol. The number of carboxylic acids is 1. The zero-order valence-electron chi connectivity index (χ0n) is 10.9. The average molecular weight is 278 g/mol. The van der Waals surface area contributed by atoms with E-state index in [0.29, 0.717) is 10.7 Å². The van der Waals surface area contributed by atoms with Crippen LogP contribution in [0.15, 0.2) is 12.3 Å². The number of rotatable bonds is 4. The molecule has 0 aromatic carbocycles. The molecule has 0 unspecified atom stereocenters. The molecule has 100 valence electrons. The SMILES string of the molecule is COCc1nc(-c2ncc(C)cc2C)sc1C(=O)O. The van der Waals surface area contributed by atoms with Gasteiger partial charge in [-0.05, 0) is 25.0 Å². The molecule has 0 bridgehead atoms. The second-order valence-corrected chi connectivity index (χ2v) is 5.21. The fourth-order valence-corrected chi connectivity index (χ4v) is 2.76. The molecule has 0 amide bonds. The minimum absolute atomic E-state index is 0.184. The quantitative estimate of drug-likeness (QED) is 0.930. The lowest BCUT2D eigenvalue weighted by atomic mass is 10.2. The summed E-state index contributed by atoms with van der Waals surface area (Å²) in [7, 11) is 1.51. The molecule has 2 aromatic heterocycles. The molecule has 0 radical (unpaired) electrons. The van der Waals surface area contributed by atoms with E-state index in [1.807, 2.05) is 19.9 Å². The van der Waals surface area contributed by atoms with Crippen molar-refractivity contribution < 1.29 is 14.6 Å². The average Bonchev–Trinajstić information content (AvgIpc) is 2.73. The second kappa shape index (κ2) is 5.46. The van der Waals surface area contributed by atoms with Crippen molar-refractivity contribution in [2.45, 2.75) is 20.5 Å². The highest BCUT2D eigenvalue weighted by Crippen LogP contribution is 2.29. The number of methoxy groups -OCH3 is 1. The molecule has 19 heavy (non-hydrogen) atoms. The minimum atomic E-state index is -0.986. The summed E-state index contributed by atoms with van der Waals surface area (Å²) >= 11 is 1.13. The molecule has 2 rings (SSSR count). The number of aryl methyl sites for hydroxylation is 2. The van der Waals surface area contributed by atoms with Crippen LogP contribution in [0.1, 0.15) is 26.5 Å². The van der Waals surface area contributed by atoms with E-state index < -0.39 is 5.97 Å². The van der Waals surface area contributed by atoms with E-state index in [1.54, 1.807) is 6.20 Å². The fourth-order valence-electron chi connectivity index (χ4n) is 1.79. The van der Waals surface area contributed by atoms with Crippen LogP contribution in [0.4, 0.5) is 0 Å². The molecule has 2 heterocycles. The van der Waals surface area contributed by atoms with Crippen molar-refractivity contribution in [1.29, 1.82) is 0 Å². The maximum atomic E-state index is 11.2. The van der Waals surface area contributed by atoms with E-state index in [-0.39, 0.29) is 11.5 Å². The van der Waals surface area contributed by atoms with E-state index in [2.05, 4.69) is 9.97 Å². The molecule has 5 nitrogen and oxygen atoms in total. The maximum Gasteiger partial charge on any atom is 0.347 e. The third-order valence-corrected chi connectivity index (χ3v) is 3.68. The Hall–Kier alpha value is -1.79. The predicted octanol–water partition coefficient (Wildman–Crippen LogP) is 2.67. The highest BCUT2D eigenvalue weighted by molar-refractivity contribution is 7.17. The summed E-state index contributed by atoms with van der Waals surface area (Å²) in [5.74, 6) is -0.986. The summed E-state index contributed by atoms with van der Waals surface area (Å²) in [4.78, 5) is 20.1. The summed E-state index contributed by atoms with van der Waals surface area (Å²) in [6, 6.07) is 2.00. The van der Waals surface area contributed by atoms with E-state index >= 15 is 0 Å². The lowest BCUT2D eigenvalue weighted by Crippen LogP contribution is -1.99. The first kappa shape index (κ1) is 13.6. The van der Waals surface area contributed by atoms with Gasteiger partial charge in [0.05, 0.1) is 12.3 Å². The van der Waals surface area contributed by atoms with Gasteiger partial charge in [-0.25, -0.2) is 9.78 Å². The molecule has 0 fully saturated rings. The van der Waals surface area contributed by atoms with Gasteiger partial charge in [0.25, 0.3) is 0 Å². The summed E-state index contributed by atoms with van der Waals surface area (Å²) in [5.41, 5.74) is 3.21. The van der Waals surface area contributed by atoms with Crippen molar-refractivity contribution in [3.05, 3.63) is 34.0 Å². The summed E-state index contributed by atoms with van der Waals surface area (Å²) in [6.07, 6.45) is 1.75. The zero-order valence-corrected chi connectivity index (χ0v) is 11.7. The van der Waals surface area contributed by atoms with E-state index in [0.717, 1.165) is 28.2 Å². The molecule has 0 aliphatic rings. The number of nitrogens with zero attached hydrogens (tertiary/aromatic N) is 2. The number of thiazole rings is 1. The Balaban J connectivity index is 2.50. The Morgan fingerprint density at radius 3 is 2.79 bits per heavy atom. The molecular weight excluding hydrogens is 264 g/mol.